The van der Waals surface area contributed by atoms with E-state index in [0.29, 0.717) is 22.7 Å². The molecule has 4 aromatic heterocycles. The van der Waals surface area contributed by atoms with Gasteiger partial charge in [-0.1, -0.05) is 83.7 Å². The molecule has 0 atom stereocenters. The summed E-state index contributed by atoms with van der Waals surface area (Å²) in [6.45, 7) is 0. The number of para-hydroxylation sites is 1. The van der Waals surface area contributed by atoms with Crippen molar-refractivity contribution < 1.29 is 24.5 Å². The zero-order valence-corrected chi connectivity index (χ0v) is 27.0. The number of benzene rings is 5. The van der Waals surface area contributed by atoms with E-state index in [9.17, 15) is 0 Å². The first-order chi connectivity index (χ1) is 22.8. The Morgan fingerprint density at radius 2 is 1.43 bits per heavy atom. The van der Waals surface area contributed by atoms with Crippen molar-refractivity contribution in [3.63, 3.8) is 0 Å². The van der Waals surface area contributed by atoms with Gasteiger partial charge in [-0.3, -0.25) is 4.98 Å². The van der Waals surface area contributed by atoms with Gasteiger partial charge in [-0.25, -0.2) is 0 Å². The maximum absolute atomic E-state index is 6.43. The SMILES string of the molecule is [Ir].[c-]1ccc2c(oc3cc(-c4ccccc4)ccc32)c1-c1nc2nnnnc2n1-c1ccccc1.[c-]1ccccc1-c1ccccn1. The summed E-state index contributed by atoms with van der Waals surface area (Å²) in [5.41, 5.74) is 8.28. The molecule has 0 aliphatic rings. The van der Waals surface area contributed by atoms with E-state index in [1.807, 2.05) is 108 Å². The minimum Gasteiger partial charge on any atom is -0.501 e. The van der Waals surface area contributed by atoms with E-state index in [-0.39, 0.29) is 20.1 Å². The molecule has 227 valence electrons. The van der Waals surface area contributed by atoms with Crippen LogP contribution in [0, 0.1) is 12.1 Å². The van der Waals surface area contributed by atoms with E-state index < -0.39 is 0 Å². The van der Waals surface area contributed by atoms with Crippen LogP contribution in [-0.2, 0) is 20.1 Å². The number of hydrogen-bond acceptors (Lipinski definition) is 7. The number of aromatic nitrogens is 7. The van der Waals surface area contributed by atoms with Gasteiger partial charge in [-0.05, 0) is 51.5 Å². The summed E-state index contributed by atoms with van der Waals surface area (Å²) in [6.07, 6.45) is 1.79. The molecule has 0 unspecified atom stereocenters. The van der Waals surface area contributed by atoms with Gasteiger partial charge < -0.3 is 14.0 Å². The van der Waals surface area contributed by atoms with Crippen LogP contribution in [0.25, 0.3) is 72.7 Å². The van der Waals surface area contributed by atoms with E-state index in [2.05, 4.69) is 68.1 Å². The Kier molecular flexibility index (Phi) is 8.39. The smallest absolute Gasteiger partial charge is 0.214 e. The van der Waals surface area contributed by atoms with Crippen molar-refractivity contribution in [1.82, 2.24) is 35.2 Å². The van der Waals surface area contributed by atoms with Crippen molar-refractivity contribution in [2.45, 2.75) is 0 Å². The van der Waals surface area contributed by atoms with Crippen LogP contribution in [0.15, 0.2) is 144 Å². The maximum atomic E-state index is 6.43. The van der Waals surface area contributed by atoms with Gasteiger partial charge in [0.25, 0.3) is 0 Å². The number of rotatable bonds is 4. The van der Waals surface area contributed by atoms with Gasteiger partial charge in [0.15, 0.2) is 0 Å². The van der Waals surface area contributed by atoms with Crippen LogP contribution in [0.5, 0.6) is 0 Å². The summed E-state index contributed by atoms with van der Waals surface area (Å²) >= 11 is 0. The molecule has 0 saturated carbocycles. The molecular weight excluding hydrogens is 763 g/mol. The fourth-order valence-corrected chi connectivity index (χ4v) is 5.46. The van der Waals surface area contributed by atoms with E-state index in [4.69, 9.17) is 9.40 Å². The third kappa shape index (κ3) is 5.81. The van der Waals surface area contributed by atoms with Crippen LogP contribution in [0.1, 0.15) is 0 Å². The van der Waals surface area contributed by atoms with Crippen LogP contribution >= 0.6 is 0 Å². The van der Waals surface area contributed by atoms with Crippen molar-refractivity contribution in [1.29, 1.82) is 0 Å². The zero-order chi connectivity index (χ0) is 30.7. The van der Waals surface area contributed by atoms with Crippen LogP contribution in [-0.4, -0.2) is 35.2 Å². The van der Waals surface area contributed by atoms with E-state index >= 15 is 0 Å². The number of nitrogens with zero attached hydrogens (tertiary/aromatic N) is 7. The normalized spacial score (nSPS) is 10.8. The van der Waals surface area contributed by atoms with E-state index in [1.54, 1.807) is 6.20 Å². The molecule has 0 aliphatic heterocycles. The standard InChI is InChI=1S/C27H15N6O.C11H8N.Ir/c1-3-8-17(9-4-1)18-14-15-20-21-12-7-13-22(24(21)34-23(20)16-18)26-28-25-27(30-32-31-29-25)33(26)19-10-5-2-6-11-19;1-2-6-10(7-3-1)11-8-4-5-9-12-11;/h1-12,14-16H;1-6,8-9H;/q2*-1;. The van der Waals surface area contributed by atoms with E-state index in [1.165, 1.54) is 0 Å². The third-order valence-electron chi connectivity index (χ3n) is 7.58. The molecule has 4 heterocycles. The van der Waals surface area contributed by atoms with Crippen molar-refractivity contribution in [2.24, 2.45) is 0 Å². The van der Waals surface area contributed by atoms with Crippen LogP contribution in [0.2, 0.25) is 0 Å². The number of hydrogen-bond donors (Lipinski definition) is 0. The first kappa shape index (κ1) is 29.8. The Bertz CT molecular complexity index is 2380. The molecule has 0 bridgehead atoms. The molecule has 0 spiro atoms. The molecular formula is C38H23IrN7O-2. The molecule has 8 nitrogen and oxygen atoms in total. The molecule has 9 rings (SSSR count). The summed E-state index contributed by atoms with van der Waals surface area (Å²) < 4.78 is 8.34. The van der Waals surface area contributed by atoms with Crippen LogP contribution in [0.3, 0.4) is 0 Å². The van der Waals surface area contributed by atoms with Gasteiger partial charge in [-0.15, -0.1) is 64.3 Å². The number of pyridine rings is 1. The first-order valence-corrected chi connectivity index (χ1v) is 14.6. The minimum atomic E-state index is 0. The molecule has 0 saturated heterocycles. The Hall–Kier alpha value is -5.89. The van der Waals surface area contributed by atoms with Gasteiger partial charge >= 0.3 is 0 Å². The maximum Gasteiger partial charge on any atom is 0.214 e. The van der Waals surface area contributed by atoms with Crippen molar-refractivity contribution in [3.8, 4) is 39.5 Å². The molecule has 0 fully saturated rings. The molecule has 0 N–H and O–H groups in total. The molecule has 47 heavy (non-hydrogen) atoms. The van der Waals surface area contributed by atoms with Gasteiger partial charge in [0.05, 0.1) is 11.4 Å². The zero-order valence-electron chi connectivity index (χ0n) is 24.7. The molecule has 1 radical (unpaired) electrons. The summed E-state index contributed by atoms with van der Waals surface area (Å²) in [6, 6.07) is 50.5. The van der Waals surface area contributed by atoms with E-state index in [0.717, 1.165) is 50.0 Å². The summed E-state index contributed by atoms with van der Waals surface area (Å²) in [5.74, 6) is 0.615. The second-order valence-electron chi connectivity index (χ2n) is 10.4. The van der Waals surface area contributed by atoms with Crippen molar-refractivity contribution in [2.75, 3.05) is 0 Å². The molecule has 9 aromatic rings. The van der Waals surface area contributed by atoms with Crippen molar-refractivity contribution >= 4 is 33.2 Å². The second kappa shape index (κ2) is 13.2. The first-order valence-electron chi connectivity index (χ1n) is 14.6. The Labute approximate surface area is 283 Å². The van der Waals surface area contributed by atoms with Crippen LogP contribution < -0.4 is 0 Å². The van der Waals surface area contributed by atoms with Crippen molar-refractivity contribution in [3.05, 3.63) is 152 Å². The third-order valence-corrected chi connectivity index (χ3v) is 7.58. The predicted octanol–water partition coefficient (Wildman–Crippen LogP) is 8.19. The fraction of sp³-hybridized carbons (Fsp3) is 0. The van der Waals surface area contributed by atoms with Gasteiger partial charge in [0.1, 0.15) is 5.58 Å². The largest absolute Gasteiger partial charge is 0.501 e. The summed E-state index contributed by atoms with van der Waals surface area (Å²) in [7, 11) is 0. The number of furan rings is 1. The van der Waals surface area contributed by atoms with Gasteiger partial charge in [-0.2, -0.15) is 0 Å². The summed E-state index contributed by atoms with van der Waals surface area (Å²) in [5, 5.41) is 17.7. The Balaban J connectivity index is 0.000000228. The van der Waals surface area contributed by atoms with Gasteiger partial charge in [0.2, 0.25) is 11.3 Å². The average molecular weight is 786 g/mol. The molecule has 0 aliphatic carbocycles. The molecule has 5 aromatic carbocycles. The molecule has 0 amide bonds. The Morgan fingerprint density at radius 1 is 0.638 bits per heavy atom. The van der Waals surface area contributed by atoms with Crippen LogP contribution in [0.4, 0.5) is 0 Å². The average Bonchev–Trinajstić information content (AvgIpc) is 3.72. The monoisotopic (exact) mass is 786 g/mol. The number of fused-ring (bicyclic) bond motifs is 4. The Morgan fingerprint density at radius 3 is 2.21 bits per heavy atom. The van der Waals surface area contributed by atoms with Gasteiger partial charge in [0, 0.05) is 37.4 Å². The predicted molar refractivity (Wildman–Crippen MR) is 178 cm³/mol. The second-order valence-corrected chi connectivity index (χ2v) is 10.4. The molecule has 9 heteroatoms. The number of imidazole rings is 1. The fourth-order valence-electron chi connectivity index (χ4n) is 5.46. The topological polar surface area (TPSA) is 95.4 Å². The summed E-state index contributed by atoms with van der Waals surface area (Å²) in [4.78, 5) is 8.96. The quantitative estimate of drug-likeness (QED) is 0.166. The minimum absolute atomic E-state index is 0.